The maximum atomic E-state index is 10.9. The zero-order chi connectivity index (χ0) is 15.2. The van der Waals surface area contributed by atoms with Gasteiger partial charge in [0.15, 0.2) is 0 Å². The molecule has 0 unspecified atom stereocenters. The summed E-state index contributed by atoms with van der Waals surface area (Å²) in [5, 5.41) is 21.5. The summed E-state index contributed by atoms with van der Waals surface area (Å²) < 4.78 is 5.12. The van der Waals surface area contributed by atoms with E-state index in [0.717, 1.165) is 31.2 Å². The lowest BCUT2D eigenvalue weighted by Crippen LogP contribution is -2.34. The largest absolute Gasteiger partial charge is 0.495 e. The van der Waals surface area contributed by atoms with E-state index in [0.29, 0.717) is 23.9 Å². The van der Waals surface area contributed by atoms with Gasteiger partial charge in [0.1, 0.15) is 11.8 Å². The number of carboxylic acid groups (broad SMARTS) is 1. The molecule has 1 aromatic carbocycles. The molecule has 1 saturated carbocycles. The minimum absolute atomic E-state index is 0.186. The molecule has 112 valence electrons. The molecule has 0 radical (unpaired) electrons. The van der Waals surface area contributed by atoms with Crippen LogP contribution in [0.1, 0.15) is 36.8 Å². The molecule has 1 aliphatic carbocycles. The first-order valence-electron chi connectivity index (χ1n) is 7.17. The van der Waals surface area contributed by atoms with Crippen molar-refractivity contribution >= 4 is 5.97 Å². The van der Waals surface area contributed by atoms with Crippen molar-refractivity contribution in [1.82, 2.24) is 5.32 Å². The molecule has 0 aliphatic heterocycles. The van der Waals surface area contributed by atoms with Crippen molar-refractivity contribution < 1.29 is 14.6 Å². The van der Waals surface area contributed by atoms with Gasteiger partial charge in [-0.15, -0.1) is 0 Å². The van der Waals surface area contributed by atoms with Gasteiger partial charge in [0.2, 0.25) is 0 Å². The molecule has 1 aromatic rings. The van der Waals surface area contributed by atoms with Crippen molar-refractivity contribution in [2.45, 2.75) is 38.3 Å². The number of benzene rings is 1. The maximum absolute atomic E-state index is 10.9. The molecular weight excluding hydrogens is 268 g/mol. The second-order valence-corrected chi connectivity index (χ2v) is 5.41. The van der Waals surface area contributed by atoms with E-state index in [9.17, 15) is 4.79 Å². The molecule has 5 nitrogen and oxygen atoms in total. The van der Waals surface area contributed by atoms with E-state index in [-0.39, 0.29) is 5.92 Å². The first-order valence-corrected chi connectivity index (χ1v) is 7.17. The van der Waals surface area contributed by atoms with Crippen LogP contribution in [0.3, 0.4) is 0 Å². The second-order valence-electron chi connectivity index (χ2n) is 5.41. The first kappa shape index (κ1) is 15.3. The zero-order valence-electron chi connectivity index (χ0n) is 12.1. The fourth-order valence-corrected chi connectivity index (χ4v) is 2.76. The van der Waals surface area contributed by atoms with Crippen molar-refractivity contribution in [3.05, 3.63) is 29.3 Å². The maximum Gasteiger partial charge on any atom is 0.306 e. The van der Waals surface area contributed by atoms with Gasteiger partial charge in [-0.3, -0.25) is 4.79 Å². The summed E-state index contributed by atoms with van der Waals surface area (Å²) >= 11 is 0. The van der Waals surface area contributed by atoms with Gasteiger partial charge in [0.05, 0.1) is 18.6 Å². The molecule has 0 saturated heterocycles. The molecule has 0 atom stereocenters. The predicted octanol–water partition coefficient (Wildman–Crippen LogP) is 2.30. The van der Waals surface area contributed by atoms with Crippen molar-refractivity contribution in [2.24, 2.45) is 5.92 Å². The predicted molar refractivity (Wildman–Crippen MR) is 77.9 cm³/mol. The molecule has 0 aromatic heterocycles. The van der Waals surface area contributed by atoms with E-state index in [1.54, 1.807) is 13.2 Å². The molecule has 21 heavy (non-hydrogen) atoms. The molecule has 0 heterocycles. The van der Waals surface area contributed by atoms with Crippen LogP contribution in [0.4, 0.5) is 0 Å². The Morgan fingerprint density at radius 3 is 2.71 bits per heavy atom. The van der Waals surface area contributed by atoms with Crippen molar-refractivity contribution in [3.63, 3.8) is 0 Å². The minimum atomic E-state index is -0.678. The van der Waals surface area contributed by atoms with E-state index in [4.69, 9.17) is 15.1 Å². The number of ether oxygens (including phenoxy) is 1. The zero-order valence-corrected chi connectivity index (χ0v) is 12.1. The molecule has 0 spiro atoms. The summed E-state index contributed by atoms with van der Waals surface area (Å²) in [5.41, 5.74) is 1.57. The van der Waals surface area contributed by atoms with Crippen LogP contribution in [0.25, 0.3) is 0 Å². The average molecular weight is 288 g/mol. The Bertz CT molecular complexity index is 543. The molecule has 1 fully saturated rings. The van der Waals surface area contributed by atoms with Gasteiger partial charge < -0.3 is 15.2 Å². The normalized spacial score (nSPS) is 21.5. The van der Waals surface area contributed by atoms with E-state index in [1.165, 1.54) is 0 Å². The smallest absolute Gasteiger partial charge is 0.306 e. The average Bonchev–Trinajstić information content (AvgIpc) is 2.52. The Morgan fingerprint density at radius 1 is 1.43 bits per heavy atom. The van der Waals surface area contributed by atoms with Crippen LogP contribution in [-0.4, -0.2) is 24.2 Å². The Labute approximate surface area is 124 Å². The molecule has 0 amide bonds. The van der Waals surface area contributed by atoms with Gasteiger partial charge in [-0.1, -0.05) is 6.07 Å². The van der Waals surface area contributed by atoms with E-state index in [2.05, 4.69) is 11.4 Å². The van der Waals surface area contributed by atoms with Crippen LogP contribution in [0, 0.1) is 17.2 Å². The van der Waals surface area contributed by atoms with Crippen LogP contribution >= 0.6 is 0 Å². The van der Waals surface area contributed by atoms with Gasteiger partial charge in [0, 0.05) is 12.6 Å². The highest BCUT2D eigenvalue weighted by molar-refractivity contribution is 5.70. The van der Waals surface area contributed by atoms with Crippen molar-refractivity contribution in [3.8, 4) is 11.8 Å². The number of nitriles is 1. The van der Waals surface area contributed by atoms with Crippen LogP contribution in [0.2, 0.25) is 0 Å². The summed E-state index contributed by atoms with van der Waals surface area (Å²) in [4.78, 5) is 10.9. The number of carboxylic acids is 1. The monoisotopic (exact) mass is 288 g/mol. The van der Waals surface area contributed by atoms with Crippen LogP contribution in [0.5, 0.6) is 5.75 Å². The summed E-state index contributed by atoms with van der Waals surface area (Å²) in [6.45, 7) is 0.682. The van der Waals surface area contributed by atoms with Crippen LogP contribution in [0.15, 0.2) is 18.2 Å². The number of aliphatic carboxylic acids is 1. The fraction of sp³-hybridized carbons (Fsp3) is 0.500. The number of carbonyl (C=O) groups is 1. The molecule has 5 heteroatoms. The van der Waals surface area contributed by atoms with Gasteiger partial charge in [-0.25, -0.2) is 0 Å². The van der Waals surface area contributed by atoms with Crippen LogP contribution < -0.4 is 10.1 Å². The highest BCUT2D eigenvalue weighted by Gasteiger charge is 2.25. The lowest BCUT2D eigenvalue weighted by molar-refractivity contribution is -0.142. The van der Waals surface area contributed by atoms with Gasteiger partial charge in [0.25, 0.3) is 0 Å². The van der Waals surface area contributed by atoms with Gasteiger partial charge >= 0.3 is 5.97 Å². The number of hydrogen-bond donors (Lipinski definition) is 2. The highest BCUT2D eigenvalue weighted by Crippen LogP contribution is 2.25. The third kappa shape index (κ3) is 3.96. The van der Waals surface area contributed by atoms with E-state index < -0.39 is 5.97 Å². The highest BCUT2D eigenvalue weighted by atomic mass is 16.5. The number of rotatable bonds is 5. The van der Waals surface area contributed by atoms with Crippen molar-refractivity contribution in [2.75, 3.05) is 7.11 Å². The standard InChI is InChI=1S/C16H20N2O3/c1-21-15-7-2-11(8-13(15)9-17)10-18-14-5-3-12(4-6-14)16(19)20/h2,7-8,12,14,18H,3-6,10H2,1H3,(H,19,20). The number of nitrogens with one attached hydrogen (secondary N) is 1. The summed E-state index contributed by atoms with van der Waals surface area (Å²) in [6.07, 6.45) is 3.24. The summed E-state index contributed by atoms with van der Waals surface area (Å²) in [6, 6.07) is 8.05. The van der Waals surface area contributed by atoms with Gasteiger partial charge in [-0.2, -0.15) is 5.26 Å². The first-order chi connectivity index (χ1) is 10.1. The van der Waals surface area contributed by atoms with Gasteiger partial charge in [-0.05, 0) is 43.4 Å². The van der Waals surface area contributed by atoms with E-state index >= 15 is 0 Å². The molecule has 1 aliphatic rings. The summed E-state index contributed by atoms with van der Waals surface area (Å²) in [5.74, 6) is -0.278. The minimum Gasteiger partial charge on any atom is -0.495 e. The third-order valence-electron chi connectivity index (χ3n) is 4.06. The second kappa shape index (κ2) is 7.09. The van der Waals surface area contributed by atoms with E-state index in [1.807, 2.05) is 12.1 Å². The Hall–Kier alpha value is -2.06. The topological polar surface area (TPSA) is 82.3 Å². The third-order valence-corrected chi connectivity index (χ3v) is 4.06. The lowest BCUT2D eigenvalue weighted by Gasteiger charge is -2.27. The van der Waals surface area contributed by atoms with Crippen molar-refractivity contribution in [1.29, 1.82) is 5.26 Å². The molecule has 2 rings (SSSR count). The Morgan fingerprint density at radius 2 is 2.14 bits per heavy atom. The number of methoxy groups -OCH3 is 1. The Balaban J connectivity index is 1.87. The molecular formula is C16H20N2O3. The quantitative estimate of drug-likeness (QED) is 0.868. The fourth-order valence-electron chi connectivity index (χ4n) is 2.76. The SMILES string of the molecule is COc1ccc(CNC2CCC(C(=O)O)CC2)cc1C#N. The number of nitrogens with zero attached hydrogens (tertiary/aromatic N) is 1. The Kier molecular flexibility index (Phi) is 5.18. The molecule has 0 bridgehead atoms. The van der Waals surface area contributed by atoms with Crippen LogP contribution in [-0.2, 0) is 11.3 Å². The lowest BCUT2D eigenvalue weighted by atomic mass is 9.86. The number of hydrogen-bond acceptors (Lipinski definition) is 4. The summed E-state index contributed by atoms with van der Waals surface area (Å²) in [7, 11) is 1.55. The molecule has 2 N–H and O–H groups in total.